The van der Waals surface area contributed by atoms with Gasteiger partial charge in [0.25, 0.3) is 10.0 Å². The number of methoxy groups -OCH3 is 1. The third-order valence-electron chi connectivity index (χ3n) is 7.25. The number of carbonyl (C=O) groups is 1. The number of fused-ring (bicyclic) bond motifs is 1. The SMILES string of the molecule is COc1cc(C(=O)O)c(F)cc1NS(=O)(=O)c1ccc2sc(-c3ccc([C@H]4CC[C@H](C(F)(F)F)CC4)cc3)nc2c1. The van der Waals surface area contributed by atoms with Crippen molar-refractivity contribution in [1.29, 1.82) is 0 Å². The first kappa shape index (κ1) is 28.8. The second-order valence-corrected chi connectivity index (χ2v) is 12.5. The van der Waals surface area contributed by atoms with Gasteiger partial charge >= 0.3 is 12.1 Å². The molecule has 13 heteroatoms. The van der Waals surface area contributed by atoms with E-state index in [-0.39, 0.29) is 35.1 Å². The fourth-order valence-corrected chi connectivity index (χ4v) is 7.05. The molecule has 5 rings (SSSR count). The lowest BCUT2D eigenvalue weighted by Crippen LogP contribution is -2.27. The summed E-state index contributed by atoms with van der Waals surface area (Å²) in [6.07, 6.45) is -2.92. The largest absolute Gasteiger partial charge is 0.495 e. The number of benzene rings is 3. The second kappa shape index (κ2) is 10.9. The average Bonchev–Trinajstić information content (AvgIpc) is 3.36. The van der Waals surface area contributed by atoms with Gasteiger partial charge in [0.15, 0.2) is 0 Å². The molecule has 0 bridgehead atoms. The van der Waals surface area contributed by atoms with E-state index in [1.807, 2.05) is 24.3 Å². The quantitative estimate of drug-likeness (QED) is 0.211. The van der Waals surface area contributed by atoms with Gasteiger partial charge in [-0.2, -0.15) is 13.2 Å². The van der Waals surface area contributed by atoms with Crippen molar-refractivity contribution in [2.75, 3.05) is 11.8 Å². The van der Waals surface area contributed by atoms with Crippen molar-refractivity contribution in [2.24, 2.45) is 5.92 Å². The standard InChI is InChI=1S/C28H24F4N2O5S2/c1-39-24-13-20(27(35)36)21(29)14-22(24)34-41(37,38)19-10-11-25-23(12-19)33-26(40-25)17-4-2-15(3-5-17)16-6-8-18(9-7-16)28(30,31)32/h2-5,10-14,16,18,34H,6-9H2,1H3,(H,35,36)/t16-,18-. The van der Waals surface area contributed by atoms with E-state index >= 15 is 0 Å². The summed E-state index contributed by atoms with van der Waals surface area (Å²) in [4.78, 5) is 15.6. The van der Waals surface area contributed by atoms with Crippen LogP contribution in [-0.4, -0.2) is 37.8 Å². The van der Waals surface area contributed by atoms with Gasteiger partial charge in [-0.3, -0.25) is 4.72 Å². The average molecular weight is 609 g/mol. The third-order valence-corrected chi connectivity index (χ3v) is 9.70. The normalized spacial score (nSPS) is 17.9. The summed E-state index contributed by atoms with van der Waals surface area (Å²) in [5.74, 6) is -3.98. The van der Waals surface area contributed by atoms with Crippen LogP contribution in [0.25, 0.3) is 20.8 Å². The fraction of sp³-hybridized carbons (Fsp3) is 0.286. The number of aromatic carboxylic acids is 1. The highest BCUT2D eigenvalue weighted by Crippen LogP contribution is 2.43. The maximum atomic E-state index is 14.2. The van der Waals surface area contributed by atoms with Crippen LogP contribution in [0, 0.1) is 11.7 Å². The maximum Gasteiger partial charge on any atom is 0.391 e. The molecule has 0 unspecified atom stereocenters. The van der Waals surface area contributed by atoms with Gasteiger partial charge < -0.3 is 9.84 Å². The Morgan fingerprint density at radius 3 is 2.34 bits per heavy atom. The number of anilines is 1. The molecule has 1 aromatic heterocycles. The lowest BCUT2D eigenvalue weighted by molar-refractivity contribution is -0.182. The number of halogens is 4. The molecule has 4 aromatic rings. The van der Waals surface area contributed by atoms with Gasteiger partial charge in [-0.05, 0) is 61.4 Å². The first-order valence-corrected chi connectivity index (χ1v) is 14.9. The molecule has 41 heavy (non-hydrogen) atoms. The highest BCUT2D eigenvalue weighted by molar-refractivity contribution is 7.92. The van der Waals surface area contributed by atoms with Crippen LogP contribution < -0.4 is 9.46 Å². The monoisotopic (exact) mass is 608 g/mol. The molecule has 1 fully saturated rings. The van der Waals surface area contributed by atoms with E-state index in [0.717, 1.165) is 28.0 Å². The molecule has 1 saturated carbocycles. The number of carboxylic acid groups (broad SMARTS) is 1. The number of ether oxygens (including phenoxy) is 1. The molecule has 0 saturated heterocycles. The second-order valence-electron chi connectivity index (χ2n) is 9.80. The minimum Gasteiger partial charge on any atom is -0.495 e. The van der Waals surface area contributed by atoms with Gasteiger partial charge in [0.2, 0.25) is 0 Å². The first-order valence-electron chi connectivity index (χ1n) is 12.6. The molecule has 2 N–H and O–H groups in total. The van der Waals surface area contributed by atoms with Gasteiger partial charge in [-0.15, -0.1) is 11.3 Å². The zero-order valence-electron chi connectivity index (χ0n) is 21.5. The Kier molecular flexibility index (Phi) is 7.68. The van der Waals surface area contributed by atoms with Crippen molar-refractivity contribution >= 4 is 43.2 Å². The van der Waals surface area contributed by atoms with E-state index < -0.39 is 39.5 Å². The van der Waals surface area contributed by atoms with Crippen molar-refractivity contribution in [3.05, 3.63) is 71.5 Å². The van der Waals surface area contributed by atoms with Gasteiger partial charge in [-0.1, -0.05) is 24.3 Å². The summed E-state index contributed by atoms with van der Waals surface area (Å²) < 4.78 is 87.4. The third kappa shape index (κ3) is 6.01. The summed E-state index contributed by atoms with van der Waals surface area (Å²) in [5.41, 5.74) is 1.27. The molecule has 0 atom stereocenters. The maximum absolute atomic E-state index is 14.2. The number of nitrogens with one attached hydrogen (secondary N) is 1. The minimum atomic E-state index is -4.22. The van der Waals surface area contributed by atoms with Crippen molar-refractivity contribution in [3.63, 3.8) is 0 Å². The molecule has 1 aliphatic rings. The van der Waals surface area contributed by atoms with Crippen LogP contribution >= 0.6 is 11.3 Å². The van der Waals surface area contributed by atoms with E-state index in [1.54, 1.807) is 6.07 Å². The lowest BCUT2D eigenvalue weighted by atomic mass is 9.78. The summed E-state index contributed by atoms with van der Waals surface area (Å²) in [6, 6.07) is 13.5. The van der Waals surface area contributed by atoms with Crippen LogP contribution in [0.2, 0.25) is 0 Å². The van der Waals surface area contributed by atoms with Gasteiger partial charge in [-0.25, -0.2) is 22.6 Å². The number of nitrogens with zero attached hydrogens (tertiary/aromatic N) is 1. The number of thiazole rings is 1. The summed E-state index contributed by atoms with van der Waals surface area (Å²) in [7, 11) is -3.02. The molecule has 0 amide bonds. The fourth-order valence-electron chi connectivity index (χ4n) is 5.02. The number of aromatic nitrogens is 1. The Labute approximate surface area is 236 Å². The lowest BCUT2D eigenvalue weighted by Gasteiger charge is -2.30. The van der Waals surface area contributed by atoms with E-state index in [9.17, 15) is 30.8 Å². The molecular formula is C28H24F4N2O5S2. The van der Waals surface area contributed by atoms with E-state index in [4.69, 9.17) is 9.84 Å². The Morgan fingerprint density at radius 2 is 1.73 bits per heavy atom. The summed E-state index contributed by atoms with van der Waals surface area (Å²) in [6.45, 7) is 0. The molecule has 216 valence electrons. The zero-order chi connectivity index (χ0) is 29.5. The van der Waals surface area contributed by atoms with Crippen molar-refractivity contribution in [1.82, 2.24) is 4.98 Å². The first-order chi connectivity index (χ1) is 19.4. The van der Waals surface area contributed by atoms with Crippen LogP contribution in [-0.2, 0) is 10.0 Å². The van der Waals surface area contributed by atoms with Crippen molar-refractivity contribution < 1.29 is 40.6 Å². The summed E-state index contributed by atoms with van der Waals surface area (Å²) >= 11 is 1.35. The molecule has 3 aromatic carbocycles. The van der Waals surface area contributed by atoms with Gasteiger partial charge in [0, 0.05) is 11.6 Å². The van der Waals surface area contributed by atoms with Crippen LogP contribution in [0.5, 0.6) is 5.75 Å². The van der Waals surface area contributed by atoms with E-state index in [0.29, 0.717) is 23.4 Å². The Morgan fingerprint density at radius 1 is 1.05 bits per heavy atom. The van der Waals surface area contributed by atoms with Crippen LogP contribution in [0.15, 0.2) is 59.5 Å². The molecule has 7 nitrogen and oxygen atoms in total. The predicted octanol–water partition coefficient (Wildman–Crippen LogP) is 7.45. The number of sulfonamides is 1. The molecule has 1 heterocycles. The van der Waals surface area contributed by atoms with Crippen LogP contribution in [0.1, 0.15) is 47.5 Å². The summed E-state index contributed by atoms with van der Waals surface area (Å²) in [5, 5.41) is 9.75. The smallest absolute Gasteiger partial charge is 0.391 e. The highest BCUT2D eigenvalue weighted by Gasteiger charge is 2.41. The van der Waals surface area contributed by atoms with Gasteiger partial charge in [0.05, 0.1) is 39.4 Å². The van der Waals surface area contributed by atoms with Gasteiger partial charge in [0.1, 0.15) is 16.6 Å². The Bertz CT molecular complexity index is 1710. The molecule has 0 spiro atoms. The predicted molar refractivity (Wildman–Crippen MR) is 147 cm³/mol. The topological polar surface area (TPSA) is 106 Å². The number of alkyl halides is 3. The Balaban J connectivity index is 1.35. The number of rotatable bonds is 7. The molecule has 1 aliphatic carbocycles. The van der Waals surface area contributed by atoms with Crippen LogP contribution in [0.3, 0.4) is 0 Å². The van der Waals surface area contributed by atoms with Crippen molar-refractivity contribution in [2.45, 2.75) is 42.7 Å². The number of carboxylic acids is 1. The highest BCUT2D eigenvalue weighted by atomic mass is 32.2. The molecule has 0 aliphatic heterocycles. The molecule has 0 radical (unpaired) electrons. The van der Waals surface area contributed by atoms with E-state index in [2.05, 4.69) is 9.71 Å². The zero-order valence-corrected chi connectivity index (χ0v) is 23.2. The number of hydrogen-bond donors (Lipinski definition) is 2. The molecular weight excluding hydrogens is 584 g/mol. The Hall–Kier alpha value is -3.71. The van der Waals surface area contributed by atoms with E-state index in [1.165, 1.54) is 30.6 Å². The van der Waals surface area contributed by atoms with Crippen LogP contribution in [0.4, 0.5) is 23.2 Å². The minimum absolute atomic E-state index is 0.0747. The van der Waals surface area contributed by atoms with Crippen molar-refractivity contribution in [3.8, 4) is 16.3 Å². The number of hydrogen-bond acceptors (Lipinski definition) is 6.